The molecule has 1 atom stereocenters. The fourth-order valence-electron chi connectivity index (χ4n) is 3.71. The molecule has 0 aromatic heterocycles. The number of nitrogens with zero attached hydrogens (tertiary/aromatic N) is 2. The summed E-state index contributed by atoms with van der Waals surface area (Å²) in [6.07, 6.45) is 0. The van der Waals surface area contributed by atoms with Gasteiger partial charge in [-0.25, -0.2) is 12.8 Å². The topological polar surface area (TPSA) is 96.0 Å². The van der Waals surface area contributed by atoms with Crippen LogP contribution in [0.1, 0.15) is 19.4 Å². The summed E-state index contributed by atoms with van der Waals surface area (Å²) in [5.74, 6) is -1.13. The van der Waals surface area contributed by atoms with Gasteiger partial charge in [-0.2, -0.15) is 0 Å². The lowest BCUT2D eigenvalue weighted by atomic mass is 10.1. The highest BCUT2D eigenvalue weighted by molar-refractivity contribution is 7.92. The normalized spacial score (nSPS) is 11.9. The van der Waals surface area contributed by atoms with Crippen molar-refractivity contribution in [3.8, 4) is 5.75 Å². The molecular formula is C27H30FN3O5S. The van der Waals surface area contributed by atoms with Crippen LogP contribution < -0.4 is 14.4 Å². The second-order valence-electron chi connectivity index (χ2n) is 8.21. The summed E-state index contributed by atoms with van der Waals surface area (Å²) >= 11 is 0. The summed E-state index contributed by atoms with van der Waals surface area (Å²) in [4.78, 5) is 27.5. The van der Waals surface area contributed by atoms with Crippen LogP contribution in [0, 0.1) is 5.82 Å². The first-order valence-electron chi connectivity index (χ1n) is 11.7. The molecular weight excluding hydrogens is 497 g/mol. The largest absolute Gasteiger partial charge is 0.497 e. The standard InChI is InChI=1S/C27H30FN3O5S/c1-4-29-27(33)20(2)30(18-21-10-8-9-13-25(21)28)26(32)19-31(22-14-16-23(36-3)17-15-22)37(34,35)24-11-6-5-7-12-24/h5-17,20H,4,18-19H2,1-3H3,(H,29,33). The van der Waals surface area contributed by atoms with E-state index in [0.717, 1.165) is 4.31 Å². The molecule has 3 aromatic rings. The Kier molecular flexibility index (Phi) is 9.24. The van der Waals surface area contributed by atoms with Crippen molar-refractivity contribution >= 4 is 27.5 Å². The lowest BCUT2D eigenvalue weighted by Gasteiger charge is -2.32. The molecule has 0 fully saturated rings. The molecule has 0 aliphatic heterocycles. The maximum Gasteiger partial charge on any atom is 0.264 e. The van der Waals surface area contributed by atoms with Crippen molar-refractivity contribution in [3.05, 3.63) is 90.2 Å². The van der Waals surface area contributed by atoms with Gasteiger partial charge in [0, 0.05) is 18.7 Å². The van der Waals surface area contributed by atoms with E-state index < -0.39 is 40.2 Å². The van der Waals surface area contributed by atoms with Crippen molar-refractivity contribution < 1.29 is 27.1 Å². The SMILES string of the molecule is CCNC(=O)C(C)N(Cc1ccccc1F)C(=O)CN(c1ccc(OC)cc1)S(=O)(=O)c1ccccc1. The van der Waals surface area contributed by atoms with Crippen LogP contribution in [-0.4, -0.2) is 51.4 Å². The first-order valence-corrected chi connectivity index (χ1v) is 13.2. The molecule has 3 rings (SSSR count). The number of likely N-dealkylation sites (N-methyl/N-ethyl adjacent to an activating group) is 1. The van der Waals surface area contributed by atoms with Crippen LogP contribution in [0.4, 0.5) is 10.1 Å². The molecule has 0 heterocycles. The third-order valence-electron chi connectivity index (χ3n) is 5.79. The molecule has 0 aliphatic rings. The van der Waals surface area contributed by atoms with Gasteiger partial charge in [0.05, 0.1) is 17.7 Å². The van der Waals surface area contributed by atoms with E-state index in [0.29, 0.717) is 12.3 Å². The number of halogens is 1. The highest BCUT2D eigenvalue weighted by Gasteiger charge is 2.32. The van der Waals surface area contributed by atoms with Gasteiger partial charge in [0.25, 0.3) is 10.0 Å². The first kappa shape index (κ1) is 27.7. The van der Waals surface area contributed by atoms with E-state index in [2.05, 4.69) is 5.32 Å². The number of sulfonamides is 1. The van der Waals surface area contributed by atoms with Crippen molar-refractivity contribution in [3.63, 3.8) is 0 Å². The molecule has 10 heteroatoms. The molecule has 1 N–H and O–H groups in total. The molecule has 0 bridgehead atoms. The quantitative estimate of drug-likeness (QED) is 0.411. The second kappa shape index (κ2) is 12.4. The molecule has 2 amide bonds. The van der Waals surface area contributed by atoms with E-state index in [1.54, 1.807) is 43.3 Å². The number of anilines is 1. The zero-order chi connectivity index (χ0) is 27.0. The highest BCUT2D eigenvalue weighted by atomic mass is 32.2. The number of rotatable bonds is 11. The number of carbonyl (C=O) groups is 2. The number of hydrogen-bond donors (Lipinski definition) is 1. The van der Waals surface area contributed by atoms with Crippen LogP contribution in [0.3, 0.4) is 0 Å². The predicted octanol–water partition coefficient (Wildman–Crippen LogP) is 3.58. The van der Waals surface area contributed by atoms with Crippen LogP contribution in [0.15, 0.2) is 83.8 Å². The molecule has 196 valence electrons. The zero-order valence-electron chi connectivity index (χ0n) is 20.9. The summed E-state index contributed by atoms with van der Waals surface area (Å²) in [5, 5.41) is 2.66. The van der Waals surface area contributed by atoms with E-state index in [1.807, 2.05) is 0 Å². The summed E-state index contributed by atoms with van der Waals surface area (Å²) in [5.41, 5.74) is 0.434. The third-order valence-corrected chi connectivity index (χ3v) is 7.58. The zero-order valence-corrected chi connectivity index (χ0v) is 21.7. The van der Waals surface area contributed by atoms with Crippen molar-refractivity contribution in [2.75, 3.05) is 24.5 Å². The minimum atomic E-state index is -4.17. The van der Waals surface area contributed by atoms with E-state index in [-0.39, 0.29) is 22.7 Å². The van der Waals surface area contributed by atoms with E-state index in [4.69, 9.17) is 4.74 Å². The Hall–Kier alpha value is -3.92. The second-order valence-corrected chi connectivity index (χ2v) is 10.1. The van der Waals surface area contributed by atoms with Crippen LogP contribution in [0.2, 0.25) is 0 Å². The molecule has 3 aromatic carbocycles. The molecule has 1 unspecified atom stereocenters. The van der Waals surface area contributed by atoms with Crippen molar-refractivity contribution in [1.82, 2.24) is 10.2 Å². The number of methoxy groups -OCH3 is 1. The van der Waals surface area contributed by atoms with E-state index in [9.17, 15) is 22.4 Å². The Morgan fingerprint density at radius 2 is 1.59 bits per heavy atom. The van der Waals surface area contributed by atoms with Gasteiger partial charge in [-0.15, -0.1) is 0 Å². The number of hydrogen-bond acceptors (Lipinski definition) is 5. The van der Waals surface area contributed by atoms with E-state index >= 15 is 0 Å². The van der Waals surface area contributed by atoms with Gasteiger partial charge in [0.15, 0.2) is 0 Å². The Labute approximate surface area is 216 Å². The molecule has 0 saturated carbocycles. The van der Waals surface area contributed by atoms with Crippen LogP contribution in [0.25, 0.3) is 0 Å². The summed E-state index contributed by atoms with van der Waals surface area (Å²) in [7, 11) is -2.68. The Bertz CT molecular complexity index is 1320. The maximum absolute atomic E-state index is 14.5. The average Bonchev–Trinajstić information content (AvgIpc) is 2.91. The smallest absolute Gasteiger partial charge is 0.264 e. The van der Waals surface area contributed by atoms with E-state index in [1.165, 1.54) is 61.4 Å². The van der Waals surface area contributed by atoms with Crippen molar-refractivity contribution in [2.45, 2.75) is 31.3 Å². The lowest BCUT2D eigenvalue weighted by molar-refractivity contribution is -0.139. The minimum absolute atomic E-state index is 0.00366. The van der Waals surface area contributed by atoms with Gasteiger partial charge in [-0.1, -0.05) is 36.4 Å². The monoisotopic (exact) mass is 527 g/mol. The fourth-order valence-corrected chi connectivity index (χ4v) is 5.15. The van der Waals surface area contributed by atoms with Gasteiger partial charge in [0.2, 0.25) is 11.8 Å². The first-order chi connectivity index (χ1) is 17.7. The van der Waals surface area contributed by atoms with Gasteiger partial charge < -0.3 is 15.0 Å². The number of carbonyl (C=O) groups excluding carboxylic acids is 2. The fraction of sp³-hybridized carbons (Fsp3) is 0.259. The summed E-state index contributed by atoms with van der Waals surface area (Å²) in [6.45, 7) is 2.78. The van der Waals surface area contributed by atoms with Gasteiger partial charge in [-0.3, -0.25) is 13.9 Å². The van der Waals surface area contributed by atoms with Crippen molar-refractivity contribution in [1.29, 1.82) is 0 Å². The number of amides is 2. The van der Waals surface area contributed by atoms with Crippen LogP contribution >= 0.6 is 0 Å². The van der Waals surface area contributed by atoms with Crippen LogP contribution in [0.5, 0.6) is 5.75 Å². The summed E-state index contributed by atoms with van der Waals surface area (Å²) in [6, 6.07) is 18.9. The Balaban J connectivity index is 2.03. The molecule has 0 spiro atoms. The molecule has 0 saturated heterocycles. The average molecular weight is 528 g/mol. The van der Waals surface area contributed by atoms with Gasteiger partial charge in [0.1, 0.15) is 24.2 Å². The summed E-state index contributed by atoms with van der Waals surface area (Å²) < 4.78 is 47.9. The highest BCUT2D eigenvalue weighted by Crippen LogP contribution is 2.26. The Morgan fingerprint density at radius 1 is 0.973 bits per heavy atom. The lowest BCUT2D eigenvalue weighted by Crippen LogP contribution is -2.51. The van der Waals surface area contributed by atoms with Crippen molar-refractivity contribution in [2.24, 2.45) is 0 Å². The van der Waals surface area contributed by atoms with Gasteiger partial charge >= 0.3 is 0 Å². The minimum Gasteiger partial charge on any atom is -0.497 e. The molecule has 0 aliphatic carbocycles. The molecule has 8 nitrogen and oxygen atoms in total. The molecule has 37 heavy (non-hydrogen) atoms. The number of ether oxygens (including phenoxy) is 1. The Morgan fingerprint density at radius 3 is 2.19 bits per heavy atom. The maximum atomic E-state index is 14.5. The van der Waals surface area contributed by atoms with Crippen LogP contribution in [-0.2, 0) is 26.2 Å². The number of benzene rings is 3. The number of nitrogens with one attached hydrogen (secondary N) is 1. The predicted molar refractivity (Wildman–Crippen MR) is 139 cm³/mol. The third kappa shape index (κ3) is 6.65. The van der Waals surface area contributed by atoms with Gasteiger partial charge in [-0.05, 0) is 56.3 Å². The molecule has 0 radical (unpaired) electrons.